The number of nitro benzene ring substituents is 1. The standard InChI is InChI=1S/C25H16ClN3O3/c1-16-7-12-21(29(30)31)13-19(16)15-28-25-22(14-27)23(17-8-10-20(26)11-9-17)24(32-25)18-5-3-2-4-6-18/h2-13,15H,1H3. The first-order chi connectivity index (χ1) is 15.5. The Kier molecular flexibility index (Phi) is 5.84. The van der Waals surface area contributed by atoms with Crippen LogP contribution >= 0.6 is 11.6 Å². The summed E-state index contributed by atoms with van der Waals surface area (Å²) in [7, 11) is 0. The Labute approximate surface area is 189 Å². The fourth-order valence-electron chi connectivity index (χ4n) is 3.31. The minimum atomic E-state index is -0.462. The average Bonchev–Trinajstić information content (AvgIpc) is 3.18. The summed E-state index contributed by atoms with van der Waals surface area (Å²) in [4.78, 5) is 15.0. The molecule has 32 heavy (non-hydrogen) atoms. The Hall–Kier alpha value is -4.21. The summed E-state index contributed by atoms with van der Waals surface area (Å²) in [6.07, 6.45) is 1.47. The zero-order valence-electron chi connectivity index (χ0n) is 16.9. The van der Waals surface area contributed by atoms with E-state index >= 15 is 0 Å². The molecular formula is C25H16ClN3O3. The highest BCUT2D eigenvalue weighted by atomic mass is 35.5. The molecule has 0 aliphatic rings. The van der Waals surface area contributed by atoms with Gasteiger partial charge in [-0.2, -0.15) is 5.26 Å². The molecule has 1 heterocycles. The molecule has 0 unspecified atom stereocenters. The van der Waals surface area contributed by atoms with Gasteiger partial charge in [0.15, 0.2) is 0 Å². The molecule has 0 saturated carbocycles. The Bertz CT molecular complexity index is 1370. The van der Waals surface area contributed by atoms with Crippen molar-refractivity contribution in [2.24, 2.45) is 4.99 Å². The van der Waals surface area contributed by atoms with Crippen LogP contribution in [0.25, 0.3) is 22.5 Å². The molecule has 0 atom stereocenters. The minimum Gasteiger partial charge on any atom is -0.436 e. The van der Waals surface area contributed by atoms with Gasteiger partial charge in [-0.15, -0.1) is 0 Å². The molecule has 1 aromatic heterocycles. The molecule has 0 N–H and O–H groups in total. The molecule has 0 radical (unpaired) electrons. The van der Waals surface area contributed by atoms with Crippen molar-refractivity contribution < 1.29 is 9.34 Å². The van der Waals surface area contributed by atoms with Crippen LogP contribution in [-0.4, -0.2) is 11.1 Å². The van der Waals surface area contributed by atoms with Gasteiger partial charge in [0.2, 0.25) is 5.88 Å². The van der Waals surface area contributed by atoms with Gasteiger partial charge in [0, 0.05) is 40.1 Å². The van der Waals surface area contributed by atoms with Gasteiger partial charge < -0.3 is 4.42 Å². The molecule has 156 valence electrons. The van der Waals surface area contributed by atoms with E-state index in [0.717, 1.165) is 16.7 Å². The molecule has 0 fully saturated rings. The zero-order chi connectivity index (χ0) is 22.7. The van der Waals surface area contributed by atoms with Crippen molar-refractivity contribution in [2.45, 2.75) is 6.92 Å². The van der Waals surface area contributed by atoms with Crippen LogP contribution in [0.3, 0.4) is 0 Å². The number of non-ortho nitro benzene ring substituents is 1. The Morgan fingerprint density at radius 1 is 1.06 bits per heavy atom. The van der Waals surface area contributed by atoms with Gasteiger partial charge in [0.25, 0.3) is 5.69 Å². The molecule has 7 heteroatoms. The fraction of sp³-hybridized carbons (Fsp3) is 0.0400. The lowest BCUT2D eigenvalue weighted by Crippen LogP contribution is -1.92. The summed E-state index contributed by atoms with van der Waals surface area (Å²) in [5.41, 5.74) is 3.77. The van der Waals surface area contributed by atoms with Crippen molar-refractivity contribution in [1.82, 2.24) is 0 Å². The monoisotopic (exact) mass is 441 g/mol. The molecule has 0 bridgehead atoms. The fourth-order valence-corrected chi connectivity index (χ4v) is 3.43. The quantitative estimate of drug-likeness (QED) is 0.187. The smallest absolute Gasteiger partial charge is 0.270 e. The molecule has 0 aliphatic heterocycles. The van der Waals surface area contributed by atoms with Crippen LogP contribution in [0, 0.1) is 28.4 Å². The molecule has 3 aromatic carbocycles. The number of nitro groups is 1. The largest absolute Gasteiger partial charge is 0.436 e. The third-order valence-corrected chi connectivity index (χ3v) is 5.22. The average molecular weight is 442 g/mol. The number of furan rings is 1. The maximum Gasteiger partial charge on any atom is 0.270 e. The van der Waals surface area contributed by atoms with E-state index in [2.05, 4.69) is 11.1 Å². The van der Waals surface area contributed by atoms with Gasteiger partial charge in [0.05, 0.1) is 4.92 Å². The molecule has 0 saturated heterocycles. The first kappa shape index (κ1) is 21.0. The van der Waals surface area contributed by atoms with E-state index in [1.165, 1.54) is 18.3 Å². The Morgan fingerprint density at radius 2 is 1.78 bits per heavy atom. The molecule has 0 spiro atoms. The van der Waals surface area contributed by atoms with Crippen LogP contribution < -0.4 is 0 Å². The minimum absolute atomic E-state index is 0.0381. The van der Waals surface area contributed by atoms with Crippen molar-refractivity contribution in [1.29, 1.82) is 5.26 Å². The Balaban J connectivity index is 1.88. The van der Waals surface area contributed by atoms with Crippen molar-refractivity contribution in [3.8, 4) is 28.5 Å². The van der Waals surface area contributed by atoms with Crippen LogP contribution in [0.5, 0.6) is 0 Å². The number of benzene rings is 3. The predicted molar refractivity (Wildman–Crippen MR) is 124 cm³/mol. The maximum absolute atomic E-state index is 11.1. The van der Waals surface area contributed by atoms with Crippen LogP contribution in [0.1, 0.15) is 16.7 Å². The molecular weight excluding hydrogens is 426 g/mol. The van der Waals surface area contributed by atoms with Gasteiger partial charge in [-0.05, 0) is 30.2 Å². The lowest BCUT2D eigenvalue weighted by Gasteiger charge is -2.03. The van der Waals surface area contributed by atoms with Gasteiger partial charge >= 0.3 is 0 Å². The highest BCUT2D eigenvalue weighted by Crippen LogP contribution is 2.42. The zero-order valence-corrected chi connectivity index (χ0v) is 17.7. The normalized spacial score (nSPS) is 10.9. The summed E-state index contributed by atoms with van der Waals surface area (Å²) >= 11 is 6.04. The third-order valence-electron chi connectivity index (χ3n) is 4.96. The van der Waals surface area contributed by atoms with Gasteiger partial charge in [-0.25, -0.2) is 4.99 Å². The summed E-state index contributed by atoms with van der Waals surface area (Å²) < 4.78 is 6.06. The summed E-state index contributed by atoms with van der Waals surface area (Å²) in [5, 5.41) is 21.6. The van der Waals surface area contributed by atoms with Crippen molar-refractivity contribution in [3.05, 3.63) is 105 Å². The number of rotatable bonds is 5. The van der Waals surface area contributed by atoms with E-state index in [9.17, 15) is 15.4 Å². The second kappa shape index (κ2) is 8.88. The van der Waals surface area contributed by atoms with E-state index in [4.69, 9.17) is 16.0 Å². The number of aryl methyl sites for hydroxylation is 1. The number of aliphatic imine (C=N–C) groups is 1. The first-order valence-electron chi connectivity index (χ1n) is 9.65. The summed E-state index contributed by atoms with van der Waals surface area (Å²) in [6.45, 7) is 1.83. The molecule has 0 aliphatic carbocycles. The topological polar surface area (TPSA) is 92.4 Å². The second-order valence-corrected chi connectivity index (χ2v) is 7.46. The summed E-state index contributed by atoms with van der Waals surface area (Å²) in [5.74, 6) is 0.634. The lowest BCUT2D eigenvalue weighted by molar-refractivity contribution is -0.384. The van der Waals surface area contributed by atoms with Crippen LogP contribution in [0.2, 0.25) is 5.02 Å². The summed E-state index contributed by atoms with van der Waals surface area (Å²) in [6, 6.07) is 23.3. The number of hydrogen-bond acceptors (Lipinski definition) is 5. The van der Waals surface area contributed by atoms with E-state index in [1.807, 2.05) is 49.4 Å². The van der Waals surface area contributed by atoms with Crippen LogP contribution in [-0.2, 0) is 0 Å². The van der Waals surface area contributed by atoms with Gasteiger partial charge in [-0.1, -0.05) is 60.1 Å². The van der Waals surface area contributed by atoms with Crippen molar-refractivity contribution in [3.63, 3.8) is 0 Å². The molecule has 4 rings (SSSR count). The first-order valence-corrected chi connectivity index (χ1v) is 10.0. The SMILES string of the molecule is Cc1ccc([N+](=O)[O-])cc1C=Nc1oc(-c2ccccc2)c(-c2ccc(Cl)cc2)c1C#N. The number of nitrogens with zero attached hydrogens (tertiary/aromatic N) is 3. The van der Waals surface area contributed by atoms with E-state index in [1.54, 1.807) is 18.2 Å². The number of nitriles is 1. The predicted octanol–water partition coefficient (Wildman–Crippen LogP) is 7.11. The molecule has 4 aromatic rings. The van der Waals surface area contributed by atoms with E-state index < -0.39 is 4.92 Å². The maximum atomic E-state index is 11.1. The number of hydrogen-bond donors (Lipinski definition) is 0. The Morgan fingerprint density at radius 3 is 2.44 bits per heavy atom. The lowest BCUT2D eigenvalue weighted by atomic mass is 9.98. The molecule has 6 nitrogen and oxygen atoms in total. The highest BCUT2D eigenvalue weighted by molar-refractivity contribution is 6.30. The van der Waals surface area contributed by atoms with Gasteiger partial charge in [0.1, 0.15) is 17.4 Å². The number of halogens is 1. The highest BCUT2D eigenvalue weighted by Gasteiger charge is 2.22. The van der Waals surface area contributed by atoms with Crippen molar-refractivity contribution >= 4 is 29.4 Å². The van der Waals surface area contributed by atoms with Crippen LogP contribution in [0.15, 0.2) is 82.2 Å². The van der Waals surface area contributed by atoms with Crippen molar-refractivity contribution in [2.75, 3.05) is 0 Å². The second-order valence-electron chi connectivity index (χ2n) is 7.03. The van der Waals surface area contributed by atoms with E-state index in [-0.39, 0.29) is 17.1 Å². The molecule has 0 amide bonds. The van der Waals surface area contributed by atoms with Crippen LogP contribution in [0.4, 0.5) is 11.6 Å². The van der Waals surface area contributed by atoms with Gasteiger partial charge in [-0.3, -0.25) is 10.1 Å². The third kappa shape index (κ3) is 4.15. The van der Waals surface area contributed by atoms with E-state index in [0.29, 0.717) is 21.9 Å².